The summed E-state index contributed by atoms with van der Waals surface area (Å²) >= 11 is 0. The minimum atomic E-state index is 0.676. The summed E-state index contributed by atoms with van der Waals surface area (Å²) in [7, 11) is 0. The fourth-order valence-corrected chi connectivity index (χ4v) is 3.09. The van der Waals surface area contributed by atoms with E-state index in [1.165, 1.54) is 43.5 Å². The van der Waals surface area contributed by atoms with Crippen LogP contribution in [0.2, 0.25) is 0 Å². The van der Waals surface area contributed by atoms with Crippen LogP contribution in [-0.4, -0.2) is 25.7 Å². The lowest BCUT2D eigenvalue weighted by Gasteiger charge is -2.31. The van der Waals surface area contributed by atoms with Gasteiger partial charge in [0.1, 0.15) is 0 Å². The van der Waals surface area contributed by atoms with Crippen molar-refractivity contribution >= 4 is 11.4 Å². The lowest BCUT2D eigenvalue weighted by molar-refractivity contribution is 0.615. The normalized spacial score (nSPS) is 24.5. The topological polar surface area (TPSA) is 41.3 Å². The number of rotatable bonds is 1. The summed E-state index contributed by atoms with van der Waals surface area (Å²) in [5.74, 6) is 0. The maximum atomic E-state index is 5.90. The second kappa shape index (κ2) is 4.57. The van der Waals surface area contributed by atoms with Crippen molar-refractivity contribution in [2.45, 2.75) is 31.7 Å². The molecule has 0 radical (unpaired) electrons. The van der Waals surface area contributed by atoms with Gasteiger partial charge in [-0.3, -0.25) is 0 Å². The van der Waals surface area contributed by atoms with Crippen LogP contribution in [0.1, 0.15) is 24.8 Å². The van der Waals surface area contributed by atoms with E-state index in [0.717, 1.165) is 18.8 Å². The molecule has 0 aromatic heterocycles. The Morgan fingerprint density at radius 3 is 3.06 bits per heavy atom. The first kappa shape index (κ1) is 10.9. The van der Waals surface area contributed by atoms with Gasteiger partial charge in [0, 0.05) is 30.5 Å². The van der Waals surface area contributed by atoms with Gasteiger partial charge in [-0.05, 0) is 56.0 Å². The van der Waals surface area contributed by atoms with Crippen LogP contribution < -0.4 is 16.0 Å². The lowest BCUT2D eigenvalue weighted by Crippen LogP contribution is -2.37. The van der Waals surface area contributed by atoms with Gasteiger partial charge in [-0.1, -0.05) is 0 Å². The highest BCUT2D eigenvalue weighted by Crippen LogP contribution is 2.30. The smallest absolute Gasteiger partial charge is 0.0426 e. The molecule has 1 fully saturated rings. The fraction of sp³-hybridized carbons (Fsp3) is 0.571. The maximum absolute atomic E-state index is 5.90. The first-order valence-electron chi connectivity index (χ1n) is 6.70. The first-order valence-corrected chi connectivity index (χ1v) is 6.70. The predicted octanol–water partition coefficient (Wildman–Crippen LogP) is 1.77. The quantitative estimate of drug-likeness (QED) is 0.724. The van der Waals surface area contributed by atoms with E-state index >= 15 is 0 Å². The molecule has 3 N–H and O–H groups in total. The van der Waals surface area contributed by atoms with Crippen LogP contribution >= 0.6 is 0 Å². The van der Waals surface area contributed by atoms with Gasteiger partial charge in [0.25, 0.3) is 0 Å². The molecule has 2 aliphatic rings. The SMILES string of the molecule is Nc1ccc2c(c1)CCCCN2C1CCNC1. The van der Waals surface area contributed by atoms with E-state index in [0.29, 0.717) is 6.04 Å². The summed E-state index contributed by atoms with van der Waals surface area (Å²) < 4.78 is 0. The first-order chi connectivity index (χ1) is 8.34. The summed E-state index contributed by atoms with van der Waals surface area (Å²) in [6.07, 6.45) is 5.03. The van der Waals surface area contributed by atoms with Crippen molar-refractivity contribution in [2.24, 2.45) is 0 Å². The zero-order chi connectivity index (χ0) is 11.7. The molecule has 3 heteroatoms. The zero-order valence-corrected chi connectivity index (χ0v) is 10.3. The Hall–Kier alpha value is -1.22. The Bertz CT molecular complexity index is 396. The Morgan fingerprint density at radius 2 is 2.24 bits per heavy atom. The van der Waals surface area contributed by atoms with Crippen molar-refractivity contribution in [3.63, 3.8) is 0 Å². The van der Waals surface area contributed by atoms with E-state index in [1.807, 2.05) is 6.07 Å². The summed E-state index contributed by atoms with van der Waals surface area (Å²) in [5, 5.41) is 3.47. The Kier molecular flexibility index (Phi) is 2.93. The molecule has 1 atom stereocenters. The molecule has 0 saturated carbocycles. The second-order valence-electron chi connectivity index (χ2n) is 5.19. The lowest BCUT2D eigenvalue weighted by atomic mass is 10.1. The maximum Gasteiger partial charge on any atom is 0.0426 e. The number of hydrogen-bond acceptors (Lipinski definition) is 3. The summed E-state index contributed by atoms with van der Waals surface area (Å²) in [6.45, 7) is 3.48. The third kappa shape index (κ3) is 2.12. The van der Waals surface area contributed by atoms with Crippen LogP contribution in [0, 0.1) is 0 Å². The molecule has 1 aromatic carbocycles. The number of nitrogens with one attached hydrogen (secondary N) is 1. The molecule has 0 bridgehead atoms. The van der Waals surface area contributed by atoms with Gasteiger partial charge in [-0.2, -0.15) is 0 Å². The molecule has 0 aliphatic carbocycles. The standard InChI is InChI=1S/C14H21N3/c15-12-4-5-14-11(9-12)3-1-2-8-17(14)13-6-7-16-10-13/h4-5,9,13,16H,1-3,6-8,10,15H2. The highest BCUT2D eigenvalue weighted by Gasteiger charge is 2.25. The molecule has 0 amide bonds. The molecule has 3 rings (SSSR count). The molecule has 2 aliphatic heterocycles. The third-order valence-corrected chi connectivity index (χ3v) is 3.98. The number of nitrogens with two attached hydrogens (primary N) is 1. The minimum Gasteiger partial charge on any atom is -0.399 e. The largest absolute Gasteiger partial charge is 0.399 e. The highest BCUT2D eigenvalue weighted by molar-refractivity contribution is 5.61. The van der Waals surface area contributed by atoms with Crippen LogP contribution in [0.3, 0.4) is 0 Å². The van der Waals surface area contributed by atoms with Gasteiger partial charge in [-0.25, -0.2) is 0 Å². The van der Waals surface area contributed by atoms with Gasteiger partial charge in [0.2, 0.25) is 0 Å². The van der Waals surface area contributed by atoms with Gasteiger partial charge in [0.15, 0.2) is 0 Å². The summed E-state index contributed by atoms with van der Waals surface area (Å²) in [4.78, 5) is 2.60. The van der Waals surface area contributed by atoms with Crippen molar-refractivity contribution in [2.75, 3.05) is 30.3 Å². The molecular weight excluding hydrogens is 210 g/mol. The fourth-order valence-electron chi connectivity index (χ4n) is 3.09. The van der Waals surface area contributed by atoms with Gasteiger partial charge in [-0.15, -0.1) is 0 Å². The minimum absolute atomic E-state index is 0.676. The van der Waals surface area contributed by atoms with E-state index < -0.39 is 0 Å². The number of benzene rings is 1. The number of nitrogen functional groups attached to an aromatic ring is 1. The van der Waals surface area contributed by atoms with Crippen LogP contribution in [0.4, 0.5) is 11.4 Å². The molecule has 3 nitrogen and oxygen atoms in total. The van der Waals surface area contributed by atoms with Crippen molar-refractivity contribution in [1.29, 1.82) is 0 Å². The summed E-state index contributed by atoms with van der Waals surface area (Å²) in [5.41, 5.74) is 9.66. The number of aryl methyl sites for hydroxylation is 1. The molecule has 0 spiro atoms. The average Bonchev–Trinajstić information content (AvgIpc) is 2.77. The van der Waals surface area contributed by atoms with Crippen LogP contribution in [0.15, 0.2) is 18.2 Å². The van der Waals surface area contributed by atoms with E-state index in [9.17, 15) is 0 Å². The van der Waals surface area contributed by atoms with Gasteiger partial charge < -0.3 is 16.0 Å². The average molecular weight is 231 g/mol. The molecule has 2 heterocycles. The van der Waals surface area contributed by atoms with Crippen molar-refractivity contribution < 1.29 is 0 Å². The van der Waals surface area contributed by atoms with Crippen molar-refractivity contribution in [1.82, 2.24) is 5.32 Å². The van der Waals surface area contributed by atoms with Crippen molar-refractivity contribution in [3.8, 4) is 0 Å². The Balaban J connectivity index is 1.94. The summed E-state index contributed by atoms with van der Waals surface area (Å²) in [6, 6.07) is 7.10. The number of nitrogens with zero attached hydrogens (tertiary/aromatic N) is 1. The highest BCUT2D eigenvalue weighted by atomic mass is 15.2. The molecule has 1 aromatic rings. The number of fused-ring (bicyclic) bond motifs is 1. The van der Waals surface area contributed by atoms with E-state index in [-0.39, 0.29) is 0 Å². The zero-order valence-electron chi connectivity index (χ0n) is 10.3. The Morgan fingerprint density at radius 1 is 1.29 bits per heavy atom. The second-order valence-corrected chi connectivity index (χ2v) is 5.19. The van der Waals surface area contributed by atoms with Crippen LogP contribution in [0.25, 0.3) is 0 Å². The molecule has 17 heavy (non-hydrogen) atoms. The van der Waals surface area contributed by atoms with Crippen LogP contribution in [-0.2, 0) is 6.42 Å². The van der Waals surface area contributed by atoms with E-state index in [1.54, 1.807) is 0 Å². The number of anilines is 2. The molecule has 1 saturated heterocycles. The Labute approximate surface area is 103 Å². The number of hydrogen-bond donors (Lipinski definition) is 2. The van der Waals surface area contributed by atoms with E-state index in [2.05, 4.69) is 22.3 Å². The predicted molar refractivity (Wildman–Crippen MR) is 72.4 cm³/mol. The van der Waals surface area contributed by atoms with Gasteiger partial charge in [0.05, 0.1) is 0 Å². The molecule has 1 unspecified atom stereocenters. The monoisotopic (exact) mass is 231 g/mol. The molecule has 92 valence electrons. The van der Waals surface area contributed by atoms with Gasteiger partial charge >= 0.3 is 0 Å². The third-order valence-electron chi connectivity index (χ3n) is 3.98. The van der Waals surface area contributed by atoms with E-state index in [4.69, 9.17) is 5.73 Å². The molecular formula is C14H21N3. The van der Waals surface area contributed by atoms with Crippen LogP contribution in [0.5, 0.6) is 0 Å². The van der Waals surface area contributed by atoms with Crippen molar-refractivity contribution in [3.05, 3.63) is 23.8 Å².